The molecule has 2 aromatic carbocycles. The maximum absolute atomic E-state index is 12.6. The number of likely N-dealkylation sites (N-methyl/N-ethyl adjacent to an activating group) is 1. The van der Waals surface area contributed by atoms with Gasteiger partial charge in [-0.25, -0.2) is 0 Å². The average Bonchev–Trinajstić information content (AvgIpc) is 3.31. The molecule has 7 heteroatoms. The molecule has 32 heavy (non-hydrogen) atoms. The van der Waals surface area contributed by atoms with E-state index < -0.39 is 11.9 Å². The highest BCUT2D eigenvalue weighted by Crippen LogP contribution is 2.23. The van der Waals surface area contributed by atoms with E-state index in [4.69, 9.17) is 4.42 Å². The first-order valence-electron chi connectivity index (χ1n) is 10.4. The molecule has 0 aliphatic rings. The van der Waals surface area contributed by atoms with Crippen molar-refractivity contribution in [3.05, 3.63) is 83.6 Å². The minimum Gasteiger partial charge on any atom is -0.451 e. The Hall–Kier alpha value is -3.87. The number of carbonyl (C=O) groups is 3. The number of hydrogen-bond donors (Lipinski definition) is 3. The summed E-state index contributed by atoms with van der Waals surface area (Å²) in [6.45, 7) is 4.07. The quantitative estimate of drug-likeness (QED) is 0.507. The van der Waals surface area contributed by atoms with E-state index in [1.165, 1.54) is 7.05 Å². The van der Waals surface area contributed by atoms with E-state index in [-0.39, 0.29) is 23.5 Å². The fraction of sp³-hybridized carbons (Fsp3) is 0.240. The predicted molar refractivity (Wildman–Crippen MR) is 122 cm³/mol. The van der Waals surface area contributed by atoms with Crippen molar-refractivity contribution in [3.8, 4) is 11.3 Å². The molecular weight excluding hydrogens is 406 g/mol. The van der Waals surface area contributed by atoms with Crippen molar-refractivity contribution in [1.82, 2.24) is 16.0 Å². The highest BCUT2D eigenvalue weighted by molar-refractivity contribution is 5.96. The van der Waals surface area contributed by atoms with Gasteiger partial charge in [-0.3, -0.25) is 14.4 Å². The molecule has 0 unspecified atom stereocenters. The van der Waals surface area contributed by atoms with E-state index in [1.54, 1.807) is 24.3 Å². The number of carbonyl (C=O) groups excluding carboxylic acids is 3. The molecule has 1 aromatic heterocycles. The first kappa shape index (κ1) is 22.8. The van der Waals surface area contributed by atoms with Gasteiger partial charge in [0.2, 0.25) is 5.91 Å². The van der Waals surface area contributed by atoms with Crippen LogP contribution < -0.4 is 16.0 Å². The van der Waals surface area contributed by atoms with Crippen molar-refractivity contribution in [1.29, 1.82) is 0 Å². The SMILES string of the molecule is CNC(=O)[C@@H](NC(=O)c1ccc(-c2cccc(CNC(=O)c3ccccc3)c2)o1)C(C)C. The molecule has 3 rings (SSSR count). The van der Waals surface area contributed by atoms with Crippen LogP contribution in [-0.2, 0) is 11.3 Å². The Morgan fingerprint density at radius 2 is 1.66 bits per heavy atom. The van der Waals surface area contributed by atoms with Gasteiger partial charge in [0, 0.05) is 24.7 Å². The third-order valence-corrected chi connectivity index (χ3v) is 5.01. The number of rotatable bonds is 8. The zero-order valence-corrected chi connectivity index (χ0v) is 18.3. The van der Waals surface area contributed by atoms with Crippen LogP contribution in [0.1, 0.15) is 40.3 Å². The summed E-state index contributed by atoms with van der Waals surface area (Å²) in [5.74, 6) is -0.292. The van der Waals surface area contributed by atoms with Gasteiger partial charge < -0.3 is 20.4 Å². The zero-order chi connectivity index (χ0) is 23.1. The second kappa shape index (κ2) is 10.4. The lowest BCUT2D eigenvalue weighted by Crippen LogP contribution is -2.48. The normalized spacial score (nSPS) is 11.6. The van der Waals surface area contributed by atoms with E-state index in [2.05, 4.69) is 16.0 Å². The lowest BCUT2D eigenvalue weighted by Gasteiger charge is -2.19. The Bertz CT molecular complexity index is 1090. The summed E-state index contributed by atoms with van der Waals surface area (Å²) in [7, 11) is 1.53. The Labute approximate surface area is 187 Å². The van der Waals surface area contributed by atoms with Crippen LogP contribution in [-0.4, -0.2) is 30.8 Å². The second-order valence-corrected chi connectivity index (χ2v) is 7.72. The Balaban J connectivity index is 1.67. The zero-order valence-electron chi connectivity index (χ0n) is 18.3. The summed E-state index contributed by atoms with van der Waals surface area (Å²) in [6.07, 6.45) is 0. The van der Waals surface area contributed by atoms with E-state index in [0.717, 1.165) is 11.1 Å². The van der Waals surface area contributed by atoms with Crippen molar-refractivity contribution in [2.24, 2.45) is 5.92 Å². The van der Waals surface area contributed by atoms with Crippen molar-refractivity contribution < 1.29 is 18.8 Å². The number of benzene rings is 2. The van der Waals surface area contributed by atoms with Gasteiger partial charge in [-0.2, -0.15) is 0 Å². The molecule has 0 spiro atoms. The molecule has 0 radical (unpaired) electrons. The van der Waals surface area contributed by atoms with E-state index in [1.807, 2.05) is 56.3 Å². The predicted octanol–water partition coefficient (Wildman–Crippen LogP) is 3.38. The Morgan fingerprint density at radius 1 is 0.906 bits per heavy atom. The molecule has 0 aliphatic carbocycles. The van der Waals surface area contributed by atoms with Gasteiger partial charge in [-0.15, -0.1) is 0 Å². The van der Waals surface area contributed by atoms with Crippen LogP contribution in [0.15, 0.2) is 71.1 Å². The third-order valence-electron chi connectivity index (χ3n) is 5.01. The molecule has 1 heterocycles. The Kier molecular flexibility index (Phi) is 7.44. The number of furan rings is 1. The van der Waals surface area contributed by atoms with Gasteiger partial charge >= 0.3 is 0 Å². The van der Waals surface area contributed by atoms with Crippen LogP contribution in [0.25, 0.3) is 11.3 Å². The van der Waals surface area contributed by atoms with Crippen LogP contribution in [0.5, 0.6) is 0 Å². The monoisotopic (exact) mass is 433 g/mol. The molecule has 3 N–H and O–H groups in total. The summed E-state index contributed by atoms with van der Waals surface area (Å²) in [5, 5.41) is 8.17. The topological polar surface area (TPSA) is 100 Å². The summed E-state index contributed by atoms with van der Waals surface area (Å²) in [5.41, 5.74) is 2.28. The van der Waals surface area contributed by atoms with Crippen molar-refractivity contribution in [2.45, 2.75) is 26.4 Å². The molecule has 0 fully saturated rings. The van der Waals surface area contributed by atoms with Crippen LogP contribution in [0.2, 0.25) is 0 Å². The van der Waals surface area contributed by atoms with Crippen LogP contribution in [0.3, 0.4) is 0 Å². The van der Waals surface area contributed by atoms with Gasteiger partial charge in [0.05, 0.1) is 0 Å². The summed E-state index contributed by atoms with van der Waals surface area (Å²) < 4.78 is 5.74. The lowest BCUT2D eigenvalue weighted by molar-refractivity contribution is -0.123. The number of amides is 3. The molecule has 0 bridgehead atoms. The van der Waals surface area contributed by atoms with Crippen molar-refractivity contribution in [2.75, 3.05) is 7.05 Å². The first-order valence-corrected chi connectivity index (χ1v) is 10.4. The molecule has 166 valence electrons. The summed E-state index contributed by atoms with van der Waals surface area (Å²) >= 11 is 0. The van der Waals surface area contributed by atoms with Crippen LogP contribution in [0, 0.1) is 5.92 Å². The molecule has 3 amide bonds. The third kappa shape index (κ3) is 5.63. The summed E-state index contributed by atoms with van der Waals surface area (Å²) in [4.78, 5) is 36.8. The second-order valence-electron chi connectivity index (χ2n) is 7.72. The minimum absolute atomic E-state index is 0.0730. The summed E-state index contributed by atoms with van der Waals surface area (Å²) in [6, 6.07) is 19.2. The fourth-order valence-corrected chi connectivity index (χ4v) is 3.23. The van der Waals surface area contributed by atoms with E-state index in [0.29, 0.717) is 17.9 Å². The van der Waals surface area contributed by atoms with Gasteiger partial charge in [-0.05, 0) is 41.8 Å². The van der Waals surface area contributed by atoms with Gasteiger partial charge in [-0.1, -0.05) is 50.2 Å². The molecular formula is C25H27N3O4. The molecule has 0 saturated heterocycles. The average molecular weight is 434 g/mol. The van der Waals surface area contributed by atoms with E-state index in [9.17, 15) is 14.4 Å². The van der Waals surface area contributed by atoms with E-state index >= 15 is 0 Å². The maximum atomic E-state index is 12.6. The van der Waals surface area contributed by atoms with Crippen LogP contribution >= 0.6 is 0 Å². The minimum atomic E-state index is -0.655. The largest absolute Gasteiger partial charge is 0.451 e. The highest BCUT2D eigenvalue weighted by Gasteiger charge is 2.25. The van der Waals surface area contributed by atoms with Gasteiger partial charge in [0.15, 0.2) is 5.76 Å². The molecule has 0 saturated carbocycles. The highest BCUT2D eigenvalue weighted by atomic mass is 16.4. The van der Waals surface area contributed by atoms with Crippen LogP contribution in [0.4, 0.5) is 0 Å². The molecule has 7 nitrogen and oxygen atoms in total. The number of hydrogen-bond acceptors (Lipinski definition) is 4. The number of nitrogens with one attached hydrogen (secondary N) is 3. The lowest BCUT2D eigenvalue weighted by atomic mass is 10.0. The molecule has 3 aromatic rings. The standard InChI is InChI=1S/C25H27N3O4/c1-16(2)22(25(31)26-3)28-24(30)21-13-12-20(32-21)19-11-7-8-17(14-19)15-27-23(29)18-9-5-4-6-10-18/h4-14,16,22H,15H2,1-3H3,(H,26,31)(H,27,29)(H,28,30)/t22-/m0/s1. The van der Waals surface area contributed by atoms with Crippen molar-refractivity contribution >= 4 is 17.7 Å². The fourth-order valence-electron chi connectivity index (χ4n) is 3.23. The maximum Gasteiger partial charge on any atom is 0.287 e. The van der Waals surface area contributed by atoms with Crippen molar-refractivity contribution in [3.63, 3.8) is 0 Å². The van der Waals surface area contributed by atoms with Gasteiger partial charge in [0.25, 0.3) is 11.8 Å². The Morgan fingerprint density at radius 3 is 2.34 bits per heavy atom. The molecule has 1 atom stereocenters. The smallest absolute Gasteiger partial charge is 0.287 e. The first-order chi connectivity index (χ1) is 15.4. The molecule has 0 aliphatic heterocycles. The van der Waals surface area contributed by atoms with Gasteiger partial charge in [0.1, 0.15) is 11.8 Å².